The Bertz CT molecular complexity index is 869. The molecule has 2 amide bonds. The zero-order valence-corrected chi connectivity index (χ0v) is 27.2. The summed E-state index contributed by atoms with van der Waals surface area (Å²) in [6, 6.07) is 0. The van der Waals surface area contributed by atoms with E-state index in [1.165, 1.54) is 67.6 Å². The summed E-state index contributed by atoms with van der Waals surface area (Å²) >= 11 is 0. The van der Waals surface area contributed by atoms with E-state index in [-0.39, 0.29) is 6.42 Å². The summed E-state index contributed by atoms with van der Waals surface area (Å²) < 4.78 is 21.1. The highest BCUT2D eigenvalue weighted by Crippen LogP contribution is 2.29. The van der Waals surface area contributed by atoms with E-state index in [0.717, 1.165) is 19.3 Å². The van der Waals surface area contributed by atoms with Gasteiger partial charge in [-0.05, 0) is 34.1 Å². The molecule has 1 N–H and O–H groups in total. The van der Waals surface area contributed by atoms with Crippen LogP contribution in [0.15, 0.2) is 11.5 Å². The molecule has 0 aromatic rings. The van der Waals surface area contributed by atoms with Crippen LogP contribution in [0.4, 0.5) is 9.59 Å². The van der Waals surface area contributed by atoms with E-state index < -0.39 is 54.5 Å². The lowest BCUT2D eigenvalue weighted by Gasteiger charge is -2.23. The molecule has 0 saturated carbocycles. The first kappa shape index (κ1) is 38.2. The first-order valence-electron chi connectivity index (χ1n) is 16.5. The number of hydrogen-bond acceptors (Lipinski definition) is 9. The van der Waals surface area contributed by atoms with Crippen LogP contribution in [0.1, 0.15) is 125 Å². The monoisotopic (exact) mass is 612 g/mol. The molecule has 0 aromatic heterocycles. The maximum absolute atomic E-state index is 12.7. The molecule has 0 bridgehead atoms. The third-order valence-electron chi connectivity index (χ3n) is 7.58. The van der Waals surface area contributed by atoms with E-state index in [2.05, 4.69) is 6.92 Å². The number of aliphatic hydroxyl groups excluding tert-OH is 1. The number of amides is 2. The molecule has 1 aliphatic rings. The number of unbranched alkanes of at least 4 members (excludes halogenated alkanes) is 12. The molecular weight excluding hydrogens is 556 g/mol. The van der Waals surface area contributed by atoms with Crippen molar-refractivity contribution in [1.82, 2.24) is 9.80 Å². The van der Waals surface area contributed by atoms with Gasteiger partial charge in [-0.15, -0.1) is 0 Å². The van der Waals surface area contributed by atoms with Crippen LogP contribution >= 0.6 is 0 Å². The number of ether oxygens (including phenoxy) is 4. The molecule has 248 valence electrons. The van der Waals surface area contributed by atoms with Gasteiger partial charge < -0.3 is 33.9 Å². The van der Waals surface area contributed by atoms with Gasteiger partial charge in [0, 0.05) is 32.6 Å². The van der Waals surface area contributed by atoms with Crippen molar-refractivity contribution in [1.29, 1.82) is 0 Å². The lowest BCUT2D eigenvalue weighted by Crippen LogP contribution is -2.37. The zero-order chi connectivity index (χ0) is 32.0. The Morgan fingerprint density at radius 2 is 1.16 bits per heavy atom. The van der Waals surface area contributed by atoms with E-state index in [0.29, 0.717) is 32.6 Å². The summed E-state index contributed by atoms with van der Waals surface area (Å²) in [5.74, 6) is -2.59. The molecule has 1 heterocycles. The molecule has 0 aromatic carbocycles. The van der Waals surface area contributed by atoms with Gasteiger partial charge in [0.2, 0.25) is 5.76 Å². The summed E-state index contributed by atoms with van der Waals surface area (Å²) in [6.45, 7) is 10.0. The highest BCUT2D eigenvalue weighted by molar-refractivity contribution is 5.93. The SMILES string of the molecule is CCCCCCCCCCCCCCCC(=O)OCC(O)C1OC(=O)C(OC(=O)N(CC)CC)=C1OC(=O)N(CC)CC. The Kier molecular flexibility index (Phi) is 20.2. The highest BCUT2D eigenvalue weighted by atomic mass is 16.7. The standard InChI is InChI=1S/C32H56N2O9/c1-6-11-12-13-14-15-16-17-18-19-20-21-22-23-26(36)40-24-25(35)27-28(42-31(38)33(7-2)8-3)29(30(37)41-27)43-32(39)34(9-4)10-5/h25,27,35H,6-24H2,1-5H3. The molecule has 43 heavy (non-hydrogen) atoms. The zero-order valence-electron chi connectivity index (χ0n) is 27.2. The molecule has 0 spiro atoms. The number of hydrogen-bond donors (Lipinski definition) is 1. The maximum atomic E-state index is 12.7. The fourth-order valence-corrected chi connectivity index (χ4v) is 4.80. The van der Waals surface area contributed by atoms with Crippen molar-refractivity contribution in [2.45, 2.75) is 137 Å². The van der Waals surface area contributed by atoms with Crippen LogP contribution in [-0.4, -0.2) is 84.0 Å². The summed E-state index contributed by atoms with van der Waals surface area (Å²) in [7, 11) is 0. The predicted octanol–water partition coefficient (Wildman–Crippen LogP) is 6.47. The number of carbonyl (C=O) groups excluding carboxylic acids is 4. The average molecular weight is 613 g/mol. The highest BCUT2D eigenvalue weighted by Gasteiger charge is 2.45. The number of cyclic esters (lactones) is 1. The van der Waals surface area contributed by atoms with Gasteiger partial charge in [0.15, 0.2) is 6.10 Å². The van der Waals surface area contributed by atoms with Gasteiger partial charge in [0.1, 0.15) is 12.7 Å². The first-order chi connectivity index (χ1) is 20.7. The fourth-order valence-electron chi connectivity index (χ4n) is 4.80. The Morgan fingerprint density at radius 3 is 1.63 bits per heavy atom. The Morgan fingerprint density at radius 1 is 0.721 bits per heavy atom. The molecule has 0 radical (unpaired) electrons. The van der Waals surface area contributed by atoms with Gasteiger partial charge in [0.05, 0.1) is 0 Å². The largest absolute Gasteiger partial charge is 0.463 e. The third kappa shape index (κ3) is 14.5. The van der Waals surface area contributed by atoms with Gasteiger partial charge in [-0.2, -0.15) is 0 Å². The molecule has 2 atom stereocenters. The summed E-state index contributed by atoms with van der Waals surface area (Å²) in [4.78, 5) is 52.8. The normalized spacial score (nSPS) is 15.2. The minimum absolute atomic E-state index is 0.210. The van der Waals surface area contributed by atoms with Crippen molar-refractivity contribution >= 4 is 24.1 Å². The van der Waals surface area contributed by atoms with Crippen LogP contribution < -0.4 is 0 Å². The van der Waals surface area contributed by atoms with Crippen LogP contribution in [0, 0.1) is 0 Å². The van der Waals surface area contributed by atoms with E-state index >= 15 is 0 Å². The molecular formula is C32H56N2O9. The van der Waals surface area contributed by atoms with Gasteiger partial charge in [-0.3, -0.25) is 4.79 Å². The van der Waals surface area contributed by atoms with Crippen molar-refractivity contribution in [2.75, 3.05) is 32.8 Å². The van der Waals surface area contributed by atoms with E-state index in [9.17, 15) is 24.3 Å². The smallest absolute Gasteiger partial charge is 0.415 e. The Balaban J connectivity index is 2.55. The van der Waals surface area contributed by atoms with Gasteiger partial charge in [-0.25, -0.2) is 14.4 Å². The van der Waals surface area contributed by atoms with Crippen molar-refractivity contribution in [3.8, 4) is 0 Å². The molecule has 1 rings (SSSR count). The number of esters is 2. The van der Waals surface area contributed by atoms with Gasteiger partial charge in [-0.1, -0.05) is 84.0 Å². The number of carbonyl (C=O) groups is 4. The summed E-state index contributed by atoms with van der Waals surface area (Å²) in [5, 5.41) is 10.7. The molecule has 11 heteroatoms. The third-order valence-corrected chi connectivity index (χ3v) is 7.58. The van der Waals surface area contributed by atoms with Crippen molar-refractivity contribution in [2.24, 2.45) is 0 Å². The number of rotatable bonds is 23. The molecule has 0 saturated heterocycles. The van der Waals surface area contributed by atoms with E-state index in [1.807, 2.05) is 0 Å². The second kappa shape index (κ2) is 22.7. The predicted molar refractivity (Wildman–Crippen MR) is 163 cm³/mol. The van der Waals surface area contributed by atoms with Gasteiger partial charge >= 0.3 is 24.1 Å². The van der Waals surface area contributed by atoms with Crippen molar-refractivity contribution < 1.29 is 43.2 Å². The lowest BCUT2D eigenvalue weighted by molar-refractivity contribution is -0.154. The second-order valence-corrected chi connectivity index (χ2v) is 10.8. The minimum atomic E-state index is -1.54. The van der Waals surface area contributed by atoms with Crippen LogP contribution in [0.25, 0.3) is 0 Å². The van der Waals surface area contributed by atoms with Crippen molar-refractivity contribution in [3.63, 3.8) is 0 Å². The van der Waals surface area contributed by atoms with Crippen LogP contribution in [-0.2, 0) is 28.5 Å². The molecule has 11 nitrogen and oxygen atoms in total. The van der Waals surface area contributed by atoms with E-state index in [1.54, 1.807) is 27.7 Å². The average Bonchev–Trinajstić information content (AvgIpc) is 3.29. The Labute approximate surface area is 258 Å². The Hall–Kier alpha value is -2.82. The second-order valence-electron chi connectivity index (χ2n) is 10.8. The van der Waals surface area contributed by atoms with Gasteiger partial charge in [0.25, 0.3) is 5.76 Å². The lowest BCUT2D eigenvalue weighted by atomic mass is 10.0. The summed E-state index contributed by atoms with van der Waals surface area (Å²) in [5.41, 5.74) is 0. The summed E-state index contributed by atoms with van der Waals surface area (Å²) in [6.07, 6.45) is 11.1. The maximum Gasteiger partial charge on any atom is 0.415 e. The molecule has 0 fully saturated rings. The quantitative estimate of drug-likeness (QED) is 0.0784. The molecule has 0 aliphatic carbocycles. The van der Waals surface area contributed by atoms with Crippen LogP contribution in [0.2, 0.25) is 0 Å². The first-order valence-corrected chi connectivity index (χ1v) is 16.5. The topological polar surface area (TPSA) is 132 Å². The van der Waals surface area contributed by atoms with E-state index in [4.69, 9.17) is 18.9 Å². The minimum Gasteiger partial charge on any atom is -0.463 e. The van der Waals surface area contributed by atoms with Crippen molar-refractivity contribution in [3.05, 3.63) is 11.5 Å². The fraction of sp³-hybridized carbons (Fsp3) is 0.812. The molecule has 1 aliphatic heterocycles. The molecule has 2 unspecified atom stereocenters. The van der Waals surface area contributed by atoms with Crippen LogP contribution in [0.5, 0.6) is 0 Å². The number of aliphatic hydroxyl groups is 1. The number of nitrogens with zero attached hydrogens (tertiary/aromatic N) is 2. The van der Waals surface area contributed by atoms with Crippen LogP contribution in [0.3, 0.4) is 0 Å².